The summed E-state index contributed by atoms with van der Waals surface area (Å²) in [5, 5.41) is 20.4. The normalized spacial score (nSPS) is 25.5. The average Bonchev–Trinajstić information content (AvgIpc) is 2.14. The van der Waals surface area contributed by atoms with Crippen LogP contribution in [0.25, 0.3) is 0 Å². The molecular weight excluding hydrogens is 226 g/mol. The molecule has 1 saturated heterocycles. The van der Waals surface area contributed by atoms with E-state index in [4.69, 9.17) is 4.74 Å². The molecule has 2 atom stereocenters. The third-order valence-electron chi connectivity index (χ3n) is 2.46. The summed E-state index contributed by atoms with van der Waals surface area (Å²) in [5.41, 5.74) is -0.698. The predicted molar refractivity (Wildman–Crippen MR) is 57.0 cm³/mol. The van der Waals surface area contributed by atoms with Crippen LogP contribution in [0.5, 0.6) is 0 Å². The first-order valence-corrected chi connectivity index (χ1v) is 5.59. The van der Waals surface area contributed by atoms with Gasteiger partial charge in [-0.2, -0.15) is 0 Å². The van der Waals surface area contributed by atoms with Gasteiger partial charge in [-0.15, -0.1) is 0 Å². The molecule has 6 nitrogen and oxygen atoms in total. The number of β-amino-alcohol motifs (C(OH)–C–C–N with tert-alkyl or cyclic N) is 1. The molecule has 2 unspecified atom stereocenters. The molecule has 0 aromatic rings. The molecule has 0 bridgehead atoms. The molecule has 0 aromatic heterocycles. The van der Waals surface area contributed by atoms with Crippen LogP contribution in [0.2, 0.25) is 0 Å². The number of aliphatic hydroxyl groups is 1. The van der Waals surface area contributed by atoms with Gasteiger partial charge in [0.2, 0.25) is 0 Å². The van der Waals surface area contributed by atoms with Gasteiger partial charge in [0, 0.05) is 0 Å². The Labute approximate surface area is 100 Å². The van der Waals surface area contributed by atoms with Crippen molar-refractivity contribution in [3.05, 3.63) is 0 Å². The molecule has 1 aliphatic heterocycles. The minimum Gasteiger partial charge on any atom is -0.548 e. The first kappa shape index (κ1) is 13.8. The quantitative estimate of drug-likeness (QED) is 0.671. The summed E-state index contributed by atoms with van der Waals surface area (Å²) in [7, 11) is 0. The number of aliphatic carboxylic acids is 1. The lowest BCUT2D eigenvalue weighted by Crippen LogP contribution is -2.56. The number of carboxylic acids is 1. The van der Waals surface area contributed by atoms with Crippen molar-refractivity contribution in [3.63, 3.8) is 0 Å². The van der Waals surface area contributed by atoms with Crippen molar-refractivity contribution in [1.82, 2.24) is 4.90 Å². The molecule has 1 N–H and O–H groups in total. The van der Waals surface area contributed by atoms with Gasteiger partial charge in [-0.3, -0.25) is 4.90 Å². The summed E-state index contributed by atoms with van der Waals surface area (Å²) >= 11 is 0. The monoisotopic (exact) mass is 244 g/mol. The molecule has 1 fully saturated rings. The Hall–Kier alpha value is -1.30. The van der Waals surface area contributed by atoms with E-state index in [-0.39, 0.29) is 13.0 Å². The van der Waals surface area contributed by atoms with Gasteiger partial charge in [0.1, 0.15) is 5.60 Å². The van der Waals surface area contributed by atoms with E-state index in [9.17, 15) is 19.8 Å². The number of carbonyl (C=O) groups is 2. The van der Waals surface area contributed by atoms with Crippen molar-refractivity contribution in [2.75, 3.05) is 6.54 Å². The lowest BCUT2D eigenvalue weighted by atomic mass is 10.0. The fourth-order valence-corrected chi connectivity index (χ4v) is 1.72. The minimum absolute atomic E-state index is 0.0342. The molecule has 1 aliphatic rings. The summed E-state index contributed by atoms with van der Waals surface area (Å²) in [5.74, 6) is -1.32. The lowest BCUT2D eigenvalue weighted by molar-refractivity contribution is -0.312. The van der Waals surface area contributed by atoms with E-state index in [2.05, 4.69) is 0 Å². The van der Waals surface area contributed by atoms with Gasteiger partial charge in [-0.25, -0.2) is 4.79 Å². The maximum atomic E-state index is 11.8. The van der Waals surface area contributed by atoms with E-state index < -0.39 is 29.8 Å². The smallest absolute Gasteiger partial charge is 0.410 e. The Kier molecular flexibility index (Phi) is 3.98. The van der Waals surface area contributed by atoms with Gasteiger partial charge in [0.05, 0.1) is 24.7 Å². The van der Waals surface area contributed by atoms with Crippen LogP contribution in [0, 0.1) is 0 Å². The summed E-state index contributed by atoms with van der Waals surface area (Å²) in [4.78, 5) is 23.7. The standard InChI is InChI=1S/C11H19NO5/c1-11(2,3)17-10(16)12-6-7(13)4-5-8(12)9(14)15/h7-8,13H,4-6H2,1-3H3,(H,14,15)/p-1. The number of carbonyl (C=O) groups excluding carboxylic acids is 2. The zero-order chi connectivity index (χ0) is 13.2. The summed E-state index contributed by atoms with van der Waals surface area (Å²) in [6.07, 6.45) is -0.913. The molecule has 0 aromatic carbocycles. The van der Waals surface area contributed by atoms with Crippen LogP contribution >= 0.6 is 0 Å². The van der Waals surface area contributed by atoms with Crippen LogP contribution in [-0.4, -0.2) is 46.4 Å². The molecule has 0 radical (unpaired) electrons. The number of amides is 1. The zero-order valence-electron chi connectivity index (χ0n) is 10.3. The Morgan fingerprint density at radius 2 is 1.94 bits per heavy atom. The van der Waals surface area contributed by atoms with Crippen molar-refractivity contribution in [2.24, 2.45) is 0 Å². The summed E-state index contributed by atoms with van der Waals surface area (Å²) < 4.78 is 5.09. The van der Waals surface area contributed by atoms with Gasteiger partial charge in [0.25, 0.3) is 0 Å². The Morgan fingerprint density at radius 3 is 2.41 bits per heavy atom. The lowest BCUT2D eigenvalue weighted by Gasteiger charge is -2.38. The number of ether oxygens (including phenoxy) is 1. The molecule has 0 spiro atoms. The maximum absolute atomic E-state index is 11.8. The molecule has 0 aliphatic carbocycles. The van der Waals surface area contributed by atoms with Crippen LogP contribution in [0.1, 0.15) is 33.6 Å². The number of hydrogen-bond acceptors (Lipinski definition) is 5. The second-order valence-electron chi connectivity index (χ2n) is 5.20. The molecule has 0 saturated carbocycles. The van der Waals surface area contributed by atoms with Crippen LogP contribution in [0.15, 0.2) is 0 Å². The number of piperidine rings is 1. The molecule has 1 heterocycles. The highest BCUT2D eigenvalue weighted by Gasteiger charge is 2.34. The number of carboxylic acid groups (broad SMARTS) is 1. The number of hydrogen-bond donors (Lipinski definition) is 1. The summed E-state index contributed by atoms with van der Waals surface area (Å²) in [6.45, 7) is 5.05. The third-order valence-corrected chi connectivity index (χ3v) is 2.46. The van der Waals surface area contributed by atoms with Gasteiger partial charge in [-0.05, 0) is 33.6 Å². The second-order valence-corrected chi connectivity index (χ2v) is 5.20. The van der Waals surface area contributed by atoms with E-state index in [1.54, 1.807) is 20.8 Å². The van der Waals surface area contributed by atoms with Crippen molar-refractivity contribution in [2.45, 2.75) is 51.4 Å². The number of likely N-dealkylation sites (tertiary alicyclic amines) is 1. The van der Waals surface area contributed by atoms with Crippen LogP contribution in [-0.2, 0) is 9.53 Å². The topological polar surface area (TPSA) is 89.9 Å². The third kappa shape index (κ3) is 3.89. The van der Waals surface area contributed by atoms with Crippen molar-refractivity contribution >= 4 is 12.1 Å². The average molecular weight is 244 g/mol. The van der Waals surface area contributed by atoms with Crippen molar-refractivity contribution in [3.8, 4) is 0 Å². The molecule has 98 valence electrons. The highest BCUT2D eigenvalue weighted by atomic mass is 16.6. The van der Waals surface area contributed by atoms with E-state index in [1.807, 2.05) is 0 Å². The van der Waals surface area contributed by atoms with E-state index in [0.717, 1.165) is 4.90 Å². The maximum Gasteiger partial charge on any atom is 0.410 e. The van der Waals surface area contributed by atoms with Gasteiger partial charge in [-0.1, -0.05) is 0 Å². The first-order valence-electron chi connectivity index (χ1n) is 5.59. The van der Waals surface area contributed by atoms with E-state index >= 15 is 0 Å². The SMILES string of the molecule is CC(C)(C)OC(=O)N1CC(O)CCC1C(=O)[O-]. The minimum atomic E-state index is -1.32. The first-order chi connectivity index (χ1) is 7.70. The van der Waals surface area contributed by atoms with Crippen LogP contribution in [0.3, 0.4) is 0 Å². The Balaban J connectivity index is 2.75. The van der Waals surface area contributed by atoms with Crippen molar-refractivity contribution < 1.29 is 24.5 Å². The molecule has 17 heavy (non-hydrogen) atoms. The van der Waals surface area contributed by atoms with Gasteiger partial charge >= 0.3 is 6.09 Å². The fraction of sp³-hybridized carbons (Fsp3) is 0.818. The van der Waals surface area contributed by atoms with E-state index in [1.165, 1.54) is 0 Å². The number of rotatable bonds is 1. The van der Waals surface area contributed by atoms with Gasteiger partial charge in [0.15, 0.2) is 0 Å². The highest BCUT2D eigenvalue weighted by Crippen LogP contribution is 2.20. The number of aliphatic hydroxyl groups excluding tert-OH is 1. The summed E-state index contributed by atoms with van der Waals surface area (Å²) in [6, 6.07) is -1.02. The Morgan fingerprint density at radius 1 is 1.35 bits per heavy atom. The molecule has 6 heteroatoms. The van der Waals surface area contributed by atoms with Crippen LogP contribution < -0.4 is 5.11 Å². The molecular formula is C11H18NO5-. The van der Waals surface area contributed by atoms with Crippen LogP contribution in [0.4, 0.5) is 4.79 Å². The van der Waals surface area contributed by atoms with Gasteiger partial charge < -0.3 is 19.7 Å². The fourth-order valence-electron chi connectivity index (χ4n) is 1.72. The highest BCUT2D eigenvalue weighted by molar-refractivity contribution is 5.79. The van der Waals surface area contributed by atoms with Crippen molar-refractivity contribution in [1.29, 1.82) is 0 Å². The molecule has 1 amide bonds. The Bertz CT molecular complexity index is 309. The largest absolute Gasteiger partial charge is 0.548 e. The number of nitrogens with zero attached hydrogens (tertiary/aromatic N) is 1. The van der Waals surface area contributed by atoms with E-state index in [0.29, 0.717) is 6.42 Å². The zero-order valence-corrected chi connectivity index (χ0v) is 10.3. The predicted octanol–water partition coefficient (Wildman–Crippen LogP) is -0.503. The second kappa shape index (κ2) is 4.91. The molecule has 1 rings (SSSR count).